The first-order valence-corrected chi connectivity index (χ1v) is 11.6. The van der Waals surface area contributed by atoms with E-state index in [2.05, 4.69) is 16.4 Å². The molecule has 1 N–H and O–H groups in total. The first-order valence-electron chi connectivity index (χ1n) is 11.6. The molecule has 0 bridgehead atoms. The van der Waals surface area contributed by atoms with Gasteiger partial charge in [-0.05, 0) is 75.9 Å². The van der Waals surface area contributed by atoms with Gasteiger partial charge in [0.15, 0.2) is 0 Å². The maximum Gasteiger partial charge on any atom is 0.248 e. The Kier molecular flexibility index (Phi) is 5.63. The molecule has 2 aromatic heterocycles. The molecule has 33 heavy (non-hydrogen) atoms. The monoisotopic (exact) mass is 440 g/mol. The number of hydrogen-bond donors (Lipinski definition) is 1. The van der Waals surface area contributed by atoms with Crippen LogP contribution in [0.15, 0.2) is 53.0 Å². The van der Waals surface area contributed by atoms with E-state index in [-0.39, 0.29) is 5.91 Å². The van der Waals surface area contributed by atoms with E-state index < -0.39 is 0 Å². The highest BCUT2D eigenvalue weighted by Crippen LogP contribution is 2.38. The fraction of sp³-hybridized carbons (Fsp3) is 0.286. The van der Waals surface area contributed by atoms with Crippen LogP contribution >= 0.6 is 0 Å². The molecule has 2 aromatic carbocycles. The Morgan fingerprint density at radius 3 is 2.85 bits per heavy atom. The van der Waals surface area contributed by atoms with Crippen LogP contribution in [-0.2, 0) is 17.6 Å². The summed E-state index contributed by atoms with van der Waals surface area (Å²) in [7, 11) is 0. The van der Waals surface area contributed by atoms with Crippen molar-refractivity contribution < 1.29 is 13.9 Å². The SMILES string of the molecule is CCOc1cc2oc3c(c2cc1/C(C)=C/C(=O)Nc1cccc2nc(C)ccc12)CCCC3. The number of nitrogens with one attached hydrogen (secondary N) is 1. The van der Waals surface area contributed by atoms with Crippen LogP contribution in [0, 0.1) is 6.92 Å². The largest absolute Gasteiger partial charge is 0.493 e. The van der Waals surface area contributed by atoms with E-state index in [1.54, 1.807) is 6.08 Å². The van der Waals surface area contributed by atoms with Crippen molar-refractivity contribution in [2.45, 2.75) is 46.5 Å². The highest BCUT2D eigenvalue weighted by atomic mass is 16.5. The van der Waals surface area contributed by atoms with E-state index in [1.165, 1.54) is 18.4 Å². The Hall–Kier alpha value is -3.60. The number of furan rings is 1. The number of aryl methyl sites for hydroxylation is 3. The predicted molar refractivity (Wildman–Crippen MR) is 133 cm³/mol. The minimum Gasteiger partial charge on any atom is -0.493 e. The summed E-state index contributed by atoms with van der Waals surface area (Å²) in [5.41, 5.74) is 6.49. The summed E-state index contributed by atoms with van der Waals surface area (Å²) in [6, 6.07) is 13.8. The van der Waals surface area contributed by atoms with Crippen LogP contribution in [0.25, 0.3) is 27.4 Å². The normalized spacial score (nSPS) is 13.8. The first-order chi connectivity index (χ1) is 16.0. The summed E-state index contributed by atoms with van der Waals surface area (Å²) in [5.74, 6) is 1.65. The van der Waals surface area contributed by atoms with E-state index in [4.69, 9.17) is 9.15 Å². The average Bonchev–Trinajstić information content (AvgIpc) is 3.16. The van der Waals surface area contributed by atoms with Crippen LogP contribution in [0.5, 0.6) is 5.75 Å². The van der Waals surface area contributed by atoms with E-state index in [0.717, 1.165) is 68.7 Å². The van der Waals surface area contributed by atoms with Crippen LogP contribution < -0.4 is 10.1 Å². The van der Waals surface area contributed by atoms with Gasteiger partial charge < -0.3 is 14.5 Å². The number of carbonyl (C=O) groups is 1. The number of aromatic nitrogens is 1. The fourth-order valence-electron chi connectivity index (χ4n) is 4.68. The molecule has 168 valence electrons. The summed E-state index contributed by atoms with van der Waals surface area (Å²) in [6.45, 7) is 6.41. The van der Waals surface area contributed by atoms with Gasteiger partial charge in [0.05, 0.1) is 17.8 Å². The second-order valence-electron chi connectivity index (χ2n) is 8.63. The predicted octanol–water partition coefficient (Wildman–Crippen LogP) is 6.61. The molecule has 0 saturated heterocycles. The highest BCUT2D eigenvalue weighted by Gasteiger charge is 2.20. The topological polar surface area (TPSA) is 64.4 Å². The van der Waals surface area contributed by atoms with Gasteiger partial charge in [-0.3, -0.25) is 9.78 Å². The number of anilines is 1. The quantitative estimate of drug-likeness (QED) is 0.355. The third kappa shape index (κ3) is 4.11. The first kappa shape index (κ1) is 21.3. The van der Waals surface area contributed by atoms with Gasteiger partial charge in [-0.2, -0.15) is 0 Å². The van der Waals surface area contributed by atoms with Crippen LogP contribution in [0.3, 0.4) is 0 Å². The van der Waals surface area contributed by atoms with Crippen LogP contribution in [0.2, 0.25) is 0 Å². The molecule has 0 radical (unpaired) electrons. The second kappa shape index (κ2) is 8.74. The summed E-state index contributed by atoms with van der Waals surface area (Å²) in [6.07, 6.45) is 6.01. The number of carbonyl (C=O) groups excluding carboxylic acids is 1. The molecule has 4 aromatic rings. The van der Waals surface area contributed by atoms with Crippen molar-refractivity contribution in [3.05, 3.63) is 71.1 Å². The molecule has 5 nitrogen and oxygen atoms in total. The molecule has 5 rings (SSSR count). The Labute approximate surface area is 193 Å². The van der Waals surface area contributed by atoms with Gasteiger partial charge in [-0.1, -0.05) is 6.07 Å². The van der Waals surface area contributed by atoms with Crippen molar-refractivity contribution in [3.63, 3.8) is 0 Å². The van der Waals surface area contributed by atoms with Crippen molar-refractivity contribution in [2.75, 3.05) is 11.9 Å². The minimum absolute atomic E-state index is 0.183. The molecule has 2 heterocycles. The molecule has 0 fully saturated rings. The van der Waals surface area contributed by atoms with Gasteiger partial charge >= 0.3 is 0 Å². The zero-order chi connectivity index (χ0) is 22.9. The highest BCUT2D eigenvalue weighted by molar-refractivity contribution is 6.08. The lowest BCUT2D eigenvalue weighted by atomic mass is 9.94. The maximum absolute atomic E-state index is 13.0. The third-order valence-corrected chi connectivity index (χ3v) is 6.26. The number of pyridine rings is 1. The van der Waals surface area contributed by atoms with E-state index >= 15 is 0 Å². The smallest absolute Gasteiger partial charge is 0.248 e. The molecule has 5 heteroatoms. The zero-order valence-electron chi connectivity index (χ0n) is 19.3. The van der Waals surface area contributed by atoms with E-state index in [9.17, 15) is 4.79 Å². The van der Waals surface area contributed by atoms with Crippen LogP contribution in [0.4, 0.5) is 5.69 Å². The summed E-state index contributed by atoms with van der Waals surface area (Å²) >= 11 is 0. The Morgan fingerprint density at radius 2 is 2.00 bits per heavy atom. The number of ether oxygens (including phenoxy) is 1. The number of nitrogens with zero attached hydrogens (tertiary/aromatic N) is 1. The Balaban J connectivity index is 1.49. The molecule has 0 saturated carbocycles. The van der Waals surface area contributed by atoms with Crippen molar-refractivity contribution in [3.8, 4) is 5.75 Å². The van der Waals surface area contributed by atoms with Crippen molar-refractivity contribution in [2.24, 2.45) is 0 Å². The third-order valence-electron chi connectivity index (χ3n) is 6.26. The second-order valence-corrected chi connectivity index (χ2v) is 8.63. The summed E-state index contributed by atoms with van der Waals surface area (Å²) < 4.78 is 12.1. The van der Waals surface area contributed by atoms with Crippen molar-refractivity contribution in [1.29, 1.82) is 0 Å². The van der Waals surface area contributed by atoms with Gasteiger partial charge in [-0.15, -0.1) is 0 Å². The van der Waals surface area contributed by atoms with Crippen LogP contribution in [0.1, 0.15) is 49.3 Å². The Morgan fingerprint density at radius 1 is 1.15 bits per heavy atom. The molecule has 0 spiro atoms. The molecule has 1 amide bonds. The lowest BCUT2D eigenvalue weighted by Crippen LogP contribution is -2.09. The number of amides is 1. The van der Waals surface area contributed by atoms with Crippen molar-refractivity contribution in [1.82, 2.24) is 4.98 Å². The van der Waals surface area contributed by atoms with E-state index in [1.807, 2.05) is 57.2 Å². The molecule has 0 unspecified atom stereocenters. The number of fused-ring (bicyclic) bond motifs is 4. The summed E-state index contributed by atoms with van der Waals surface area (Å²) in [5, 5.41) is 5.08. The van der Waals surface area contributed by atoms with Gasteiger partial charge in [-0.25, -0.2) is 0 Å². The van der Waals surface area contributed by atoms with Gasteiger partial charge in [0, 0.05) is 46.2 Å². The molecule has 0 atom stereocenters. The average molecular weight is 441 g/mol. The van der Waals surface area contributed by atoms with Gasteiger partial charge in [0.2, 0.25) is 5.91 Å². The zero-order valence-corrected chi connectivity index (χ0v) is 19.3. The fourth-order valence-corrected chi connectivity index (χ4v) is 4.68. The lowest BCUT2D eigenvalue weighted by molar-refractivity contribution is -0.111. The molecule has 1 aliphatic rings. The number of benzene rings is 2. The van der Waals surface area contributed by atoms with E-state index in [0.29, 0.717) is 6.61 Å². The standard InChI is InChI=1S/C28H28N2O3/c1-4-32-26-16-27-22(19-8-5-6-11-25(19)33-27)15-21(26)17(2)14-28(31)30-24-10-7-9-23-20(24)13-12-18(3)29-23/h7,9-10,12-16H,4-6,8,11H2,1-3H3,(H,30,31)/b17-14+. The molecule has 0 aliphatic heterocycles. The van der Waals surface area contributed by atoms with Crippen LogP contribution in [-0.4, -0.2) is 17.5 Å². The molecular formula is C28H28N2O3. The molecular weight excluding hydrogens is 412 g/mol. The number of hydrogen-bond acceptors (Lipinski definition) is 4. The molecule has 1 aliphatic carbocycles. The number of rotatable bonds is 5. The van der Waals surface area contributed by atoms with Gasteiger partial charge in [0.25, 0.3) is 0 Å². The Bertz CT molecular complexity index is 1400. The maximum atomic E-state index is 13.0. The lowest BCUT2D eigenvalue weighted by Gasteiger charge is -2.12. The summed E-state index contributed by atoms with van der Waals surface area (Å²) in [4.78, 5) is 17.5. The number of allylic oxidation sites excluding steroid dienone is 1. The van der Waals surface area contributed by atoms with Gasteiger partial charge in [0.1, 0.15) is 17.1 Å². The minimum atomic E-state index is -0.183. The van der Waals surface area contributed by atoms with Crippen molar-refractivity contribution >= 4 is 39.0 Å².